The molecule has 0 aliphatic carbocycles. The molecule has 1 aliphatic heterocycles. The number of likely N-dealkylation sites (N-methyl/N-ethyl adjacent to an activating group) is 1. The molecule has 0 fully saturated rings. The van der Waals surface area contributed by atoms with Crippen LogP contribution in [0, 0.1) is 0 Å². The molecule has 2 aromatic rings. The van der Waals surface area contributed by atoms with Crippen LogP contribution < -0.4 is 15.4 Å². The molecule has 1 aromatic heterocycles. The summed E-state index contributed by atoms with van der Waals surface area (Å²) in [5.41, 5.74) is 1.19. The predicted molar refractivity (Wildman–Crippen MR) is 117 cm³/mol. The van der Waals surface area contributed by atoms with E-state index in [4.69, 9.17) is 4.74 Å². The van der Waals surface area contributed by atoms with E-state index in [0.29, 0.717) is 30.2 Å². The molecule has 1 aromatic carbocycles. The summed E-state index contributed by atoms with van der Waals surface area (Å²) in [6, 6.07) is 9.14. The van der Waals surface area contributed by atoms with Gasteiger partial charge >= 0.3 is 6.03 Å². The highest BCUT2D eigenvalue weighted by Crippen LogP contribution is 2.32. The van der Waals surface area contributed by atoms with Gasteiger partial charge in [-0.3, -0.25) is 4.79 Å². The van der Waals surface area contributed by atoms with Crippen molar-refractivity contribution >= 4 is 34.6 Å². The van der Waals surface area contributed by atoms with E-state index in [2.05, 4.69) is 29.4 Å². The Labute approximate surface area is 175 Å². The third-order valence-electron chi connectivity index (χ3n) is 4.96. The fraction of sp³-hybridized carbons (Fsp3) is 0.429. The maximum atomic E-state index is 13.0. The van der Waals surface area contributed by atoms with E-state index in [9.17, 15) is 9.59 Å². The molecule has 1 unspecified atom stereocenters. The van der Waals surface area contributed by atoms with E-state index >= 15 is 0 Å². The average molecular weight is 417 g/mol. The molecule has 0 spiro atoms. The molecule has 8 heteroatoms. The monoisotopic (exact) mass is 416 g/mol. The maximum Gasteiger partial charge on any atom is 0.322 e. The third-order valence-corrected chi connectivity index (χ3v) is 5.82. The number of thiophene rings is 1. The zero-order valence-electron chi connectivity index (χ0n) is 17.1. The Hall–Kier alpha value is -2.58. The molecule has 0 saturated heterocycles. The number of nitrogens with zero attached hydrogens (tertiary/aromatic N) is 2. The average Bonchev–Trinajstić information content (AvgIpc) is 3.22. The lowest BCUT2D eigenvalue weighted by Gasteiger charge is -2.27. The van der Waals surface area contributed by atoms with Crippen molar-refractivity contribution in [3.05, 3.63) is 40.6 Å². The minimum absolute atomic E-state index is 0.165. The summed E-state index contributed by atoms with van der Waals surface area (Å²) in [6.45, 7) is 9.86. The lowest BCUT2D eigenvalue weighted by molar-refractivity contribution is -0.122. The van der Waals surface area contributed by atoms with Crippen molar-refractivity contribution in [3.63, 3.8) is 0 Å². The highest BCUT2D eigenvalue weighted by atomic mass is 32.1. The van der Waals surface area contributed by atoms with Crippen molar-refractivity contribution in [2.24, 2.45) is 0 Å². The topological polar surface area (TPSA) is 73.9 Å². The van der Waals surface area contributed by atoms with Gasteiger partial charge in [0.1, 0.15) is 5.75 Å². The summed E-state index contributed by atoms with van der Waals surface area (Å²) in [5.74, 6) is 0.409. The first kappa shape index (κ1) is 21.1. The zero-order valence-corrected chi connectivity index (χ0v) is 17.9. The maximum absolute atomic E-state index is 13.0. The first-order valence-electron chi connectivity index (χ1n) is 9.92. The second kappa shape index (κ2) is 9.76. The molecule has 1 atom stereocenters. The van der Waals surface area contributed by atoms with Gasteiger partial charge in [-0.05, 0) is 49.7 Å². The number of anilines is 2. The fourth-order valence-corrected chi connectivity index (χ4v) is 3.85. The van der Waals surface area contributed by atoms with Gasteiger partial charge in [0.05, 0.1) is 12.2 Å². The van der Waals surface area contributed by atoms with E-state index in [1.54, 1.807) is 36.5 Å². The lowest BCUT2D eigenvalue weighted by atomic mass is 10.2. The van der Waals surface area contributed by atoms with Gasteiger partial charge < -0.3 is 25.2 Å². The molecule has 1 aliphatic rings. The minimum Gasteiger partial charge on any atom is -0.479 e. The van der Waals surface area contributed by atoms with E-state index in [1.165, 1.54) is 0 Å². The van der Waals surface area contributed by atoms with Gasteiger partial charge in [0.25, 0.3) is 5.91 Å². The normalized spacial score (nSPS) is 15.4. The van der Waals surface area contributed by atoms with Gasteiger partial charge in [0.15, 0.2) is 6.10 Å². The number of fused-ring (bicyclic) bond motifs is 1. The molecule has 2 N–H and O–H groups in total. The minimum atomic E-state index is -0.524. The number of urea groups is 1. The number of ether oxygens (including phenoxy) is 1. The highest BCUT2D eigenvalue weighted by molar-refractivity contribution is 7.09. The Morgan fingerprint density at radius 2 is 2.03 bits per heavy atom. The zero-order chi connectivity index (χ0) is 20.8. The van der Waals surface area contributed by atoms with Crippen molar-refractivity contribution < 1.29 is 14.3 Å². The van der Waals surface area contributed by atoms with E-state index in [1.807, 2.05) is 22.4 Å². The summed E-state index contributed by atoms with van der Waals surface area (Å²) in [7, 11) is 0. The van der Waals surface area contributed by atoms with E-state index < -0.39 is 6.10 Å². The van der Waals surface area contributed by atoms with Gasteiger partial charge in [0, 0.05) is 23.7 Å². The molecular formula is C21H28N4O3S. The smallest absolute Gasteiger partial charge is 0.322 e. The third kappa shape index (κ3) is 5.48. The van der Waals surface area contributed by atoms with Crippen LogP contribution in [0.15, 0.2) is 35.7 Å². The number of rotatable bonds is 8. The molecule has 2 heterocycles. The number of amides is 3. The Kier molecular flexibility index (Phi) is 7.11. The predicted octanol–water partition coefficient (Wildman–Crippen LogP) is 3.84. The number of benzene rings is 1. The summed E-state index contributed by atoms with van der Waals surface area (Å²) in [4.78, 5) is 30.1. The van der Waals surface area contributed by atoms with Crippen LogP contribution in [0.2, 0.25) is 0 Å². The SMILES string of the molecule is CCN(CC)CCN(Cc1cccs1)C(=O)Nc1ccc2c(c1)NC(=O)C(C)O2. The summed E-state index contributed by atoms with van der Waals surface area (Å²) >= 11 is 1.64. The Balaban J connectivity index is 1.70. The Bertz CT molecular complexity index is 836. The van der Waals surface area contributed by atoms with Crippen LogP contribution in [0.25, 0.3) is 0 Å². The van der Waals surface area contributed by atoms with Crippen molar-refractivity contribution in [1.82, 2.24) is 9.80 Å². The van der Waals surface area contributed by atoms with Crippen molar-refractivity contribution in [1.29, 1.82) is 0 Å². The lowest BCUT2D eigenvalue weighted by Crippen LogP contribution is -2.40. The van der Waals surface area contributed by atoms with Crippen LogP contribution >= 0.6 is 11.3 Å². The fourth-order valence-electron chi connectivity index (χ4n) is 3.13. The van der Waals surface area contributed by atoms with Crippen LogP contribution in [0.5, 0.6) is 5.75 Å². The quantitative estimate of drug-likeness (QED) is 0.686. The first-order chi connectivity index (χ1) is 14.0. The van der Waals surface area contributed by atoms with Gasteiger partial charge in [-0.15, -0.1) is 11.3 Å². The largest absolute Gasteiger partial charge is 0.479 e. The van der Waals surface area contributed by atoms with Crippen LogP contribution in [0.4, 0.5) is 16.2 Å². The molecule has 3 amide bonds. The standard InChI is InChI=1S/C21H28N4O3S/c1-4-24(5-2)10-11-25(14-17-7-6-12-29-17)21(27)22-16-8-9-19-18(13-16)23-20(26)15(3)28-19/h6-9,12-13,15H,4-5,10-11,14H2,1-3H3,(H,22,27)(H,23,26). The molecular weight excluding hydrogens is 388 g/mol. The number of hydrogen-bond donors (Lipinski definition) is 2. The summed E-state index contributed by atoms with van der Waals surface area (Å²) in [6.07, 6.45) is -0.524. The summed E-state index contributed by atoms with van der Waals surface area (Å²) < 4.78 is 5.57. The van der Waals surface area contributed by atoms with E-state index in [0.717, 1.165) is 24.5 Å². The number of hydrogen-bond acceptors (Lipinski definition) is 5. The van der Waals surface area contributed by atoms with Gasteiger partial charge in [-0.2, -0.15) is 0 Å². The molecule has 156 valence electrons. The van der Waals surface area contributed by atoms with E-state index in [-0.39, 0.29) is 11.9 Å². The number of carbonyl (C=O) groups is 2. The van der Waals surface area contributed by atoms with Crippen LogP contribution in [-0.2, 0) is 11.3 Å². The van der Waals surface area contributed by atoms with Gasteiger partial charge in [-0.1, -0.05) is 19.9 Å². The van der Waals surface area contributed by atoms with Crippen LogP contribution in [-0.4, -0.2) is 54.0 Å². The molecule has 3 rings (SSSR count). The molecule has 0 radical (unpaired) electrons. The molecule has 7 nitrogen and oxygen atoms in total. The highest BCUT2D eigenvalue weighted by Gasteiger charge is 2.24. The van der Waals surface area contributed by atoms with Gasteiger partial charge in [-0.25, -0.2) is 4.79 Å². The number of carbonyl (C=O) groups excluding carboxylic acids is 2. The molecule has 0 bridgehead atoms. The second-order valence-corrected chi connectivity index (χ2v) is 7.95. The summed E-state index contributed by atoms with van der Waals surface area (Å²) in [5, 5.41) is 7.78. The first-order valence-corrected chi connectivity index (χ1v) is 10.8. The van der Waals surface area contributed by atoms with Crippen molar-refractivity contribution in [3.8, 4) is 5.75 Å². The molecule has 0 saturated carbocycles. The second-order valence-electron chi connectivity index (χ2n) is 6.92. The van der Waals surface area contributed by atoms with Crippen molar-refractivity contribution in [2.75, 3.05) is 36.8 Å². The van der Waals surface area contributed by atoms with Crippen molar-refractivity contribution in [2.45, 2.75) is 33.4 Å². The Morgan fingerprint density at radius 1 is 1.24 bits per heavy atom. The van der Waals surface area contributed by atoms with Crippen LogP contribution in [0.3, 0.4) is 0 Å². The molecule has 29 heavy (non-hydrogen) atoms. The number of nitrogens with one attached hydrogen (secondary N) is 2. The Morgan fingerprint density at radius 3 is 2.72 bits per heavy atom. The van der Waals surface area contributed by atoms with Gasteiger partial charge in [0.2, 0.25) is 0 Å². The van der Waals surface area contributed by atoms with Crippen LogP contribution in [0.1, 0.15) is 25.6 Å².